The third kappa shape index (κ3) is 8.50. The van der Waals surface area contributed by atoms with E-state index in [0.717, 1.165) is 70.6 Å². The van der Waals surface area contributed by atoms with Crippen LogP contribution in [-0.4, -0.2) is 58.4 Å². The van der Waals surface area contributed by atoms with Crippen molar-refractivity contribution in [2.75, 3.05) is 6.54 Å². The molecule has 0 aromatic heterocycles. The van der Waals surface area contributed by atoms with Crippen molar-refractivity contribution in [3.63, 3.8) is 0 Å². The molecular weight excluding hydrogens is 398 g/mol. The third-order valence-corrected chi connectivity index (χ3v) is 6.46. The van der Waals surface area contributed by atoms with Crippen molar-refractivity contribution in [3.05, 3.63) is 0 Å². The highest BCUT2D eigenvalue weighted by molar-refractivity contribution is 5.94. The first-order valence-corrected chi connectivity index (χ1v) is 12.0. The monoisotopic (exact) mass is 437 g/mol. The number of nitrogens with one attached hydrogen (secondary N) is 2. The van der Waals surface area contributed by atoms with E-state index in [4.69, 9.17) is 0 Å². The first-order chi connectivity index (χ1) is 14.9. The highest BCUT2D eigenvalue weighted by atomic mass is 16.4. The second kappa shape index (κ2) is 13.3. The first-order valence-electron chi connectivity index (χ1n) is 12.0. The molecule has 3 N–H and O–H groups in total. The molecule has 2 aliphatic rings. The summed E-state index contributed by atoms with van der Waals surface area (Å²) in [5.41, 5.74) is 0. The number of aliphatic carboxylic acids is 1. The largest absolute Gasteiger partial charge is 0.480 e. The van der Waals surface area contributed by atoms with Gasteiger partial charge in [0.05, 0.1) is 6.42 Å². The lowest BCUT2D eigenvalue weighted by Gasteiger charge is -2.27. The lowest BCUT2D eigenvalue weighted by molar-refractivity contribution is -0.143. The first kappa shape index (κ1) is 25.1. The maximum atomic E-state index is 12.9. The fourth-order valence-corrected chi connectivity index (χ4v) is 4.58. The Kier molecular flexibility index (Phi) is 10.8. The molecule has 8 nitrogen and oxygen atoms in total. The molecule has 0 unspecified atom stereocenters. The SMILES string of the molecule is CC[C@H]1CCCN1C(=O)C[C@@H]1NC(=O)CCCCCCCCCC[C@@H](C(=O)O)NC1=O. The maximum Gasteiger partial charge on any atom is 0.326 e. The Morgan fingerprint density at radius 2 is 1.58 bits per heavy atom. The van der Waals surface area contributed by atoms with E-state index in [0.29, 0.717) is 19.4 Å². The molecule has 0 bridgehead atoms. The van der Waals surface area contributed by atoms with Crippen molar-refractivity contribution in [1.82, 2.24) is 15.5 Å². The minimum Gasteiger partial charge on any atom is -0.480 e. The standard InChI is InChI=1S/C23H39N3O5/c1-2-17-12-11-15-26(17)21(28)16-19-22(29)25-18(23(30)31)13-9-7-5-3-4-6-8-10-14-20(27)24-19/h17-19H,2-16H2,1H3,(H,24,27)(H,25,29)(H,30,31)/t17-,18-,19-/m0/s1. The Labute approximate surface area is 185 Å². The topological polar surface area (TPSA) is 116 Å². The van der Waals surface area contributed by atoms with Crippen LogP contribution in [-0.2, 0) is 19.2 Å². The van der Waals surface area contributed by atoms with E-state index < -0.39 is 24.0 Å². The summed E-state index contributed by atoms with van der Waals surface area (Å²) in [4.78, 5) is 51.7. The van der Waals surface area contributed by atoms with E-state index >= 15 is 0 Å². The average Bonchev–Trinajstić information content (AvgIpc) is 3.21. The number of carbonyl (C=O) groups excluding carboxylic acids is 3. The Hall–Kier alpha value is -2.12. The van der Waals surface area contributed by atoms with E-state index in [1.807, 2.05) is 6.92 Å². The summed E-state index contributed by atoms with van der Waals surface area (Å²) in [6.07, 6.45) is 11.0. The molecule has 0 saturated carbocycles. The fraction of sp³-hybridized carbons (Fsp3) is 0.826. The third-order valence-electron chi connectivity index (χ3n) is 6.46. The van der Waals surface area contributed by atoms with Crippen LogP contribution in [0.5, 0.6) is 0 Å². The van der Waals surface area contributed by atoms with Gasteiger partial charge in [0.25, 0.3) is 0 Å². The summed E-state index contributed by atoms with van der Waals surface area (Å²) in [5, 5.41) is 14.8. The number of likely N-dealkylation sites (tertiary alicyclic amines) is 1. The van der Waals surface area contributed by atoms with Gasteiger partial charge in [-0.25, -0.2) is 4.79 Å². The van der Waals surface area contributed by atoms with Crippen LogP contribution in [0.4, 0.5) is 0 Å². The number of hydrogen-bond donors (Lipinski definition) is 3. The lowest BCUT2D eigenvalue weighted by atomic mass is 10.0. The summed E-state index contributed by atoms with van der Waals surface area (Å²) >= 11 is 0. The van der Waals surface area contributed by atoms with E-state index in [-0.39, 0.29) is 24.3 Å². The second-order valence-electron chi connectivity index (χ2n) is 8.88. The number of rotatable bonds is 4. The van der Waals surface area contributed by atoms with Gasteiger partial charge in [0.2, 0.25) is 17.7 Å². The number of carboxylic acids is 1. The van der Waals surface area contributed by atoms with Crippen molar-refractivity contribution in [2.24, 2.45) is 0 Å². The molecule has 2 rings (SSSR count). The number of carboxylic acid groups (broad SMARTS) is 1. The summed E-state index contributed by atoms with van der Waals surface area (Å²) in [6, 6.07) is -1.89. The maximum absolute atomic E-state index is 12.9. The molecule has 2 heterocycles. The number of carbonyl (C=O) groups is 4. The lowest BCUT2D eigenvalue weighted by Crippen LogP contribution is -2.53. The molecule has 0 aliphatic carbocycles. The molecule has 0 aromatic rings. The van der Waals surface area contributed by atoms with Gasteiger partial charge < -0.3 is 20.6 Å². The minimum absolute atomic E-state index is 0.138. The van der Waals surface area contributed by atoms with Gasteiger partial charge in [-0.2, -0.15) is 0 Å². The Morgan fingerprint density at radius 1 is 0.935 bits per heavy atom. The Morgan fingerprint density at radius 3 is 2.23 bits per heavy atom. The van der Waals surface area contributed by atoms with Crippen molar-refractivity contribution >= 4 is 23.7 Å². The molecular formula is C23H39N3O5. The van der Waals surface area contributed by atoms with Crippen LogP contribution in [0.3, 0.4) is 0 Å². The minimum atomic E-state index is -1.09. The molecule has 3 amide bonds. The molecule has 176 valence electrons. The number of hydrogen-bond acceptors (Lipinski definition) is 4. The van der Waals surface area contributed by atoms with Crippen LogP contribution < -0.4 is 10.6 Å². The molecule has 8 heteroatoms. The summed E-state index contributed by atoms with van der Waals surface area (Å²) in [5.74, 6) is -2.10. The van der Waals surface area contributed by atoms with Crippen LogP contribution in [0, 0.1) is 0 Å². The van der Waals surface area contributed by atoms with E-state index in [1.165, 1.54) is 0 Å². The van der Waals surface area contributed by atoms with Gasteiger partial charge >= 0.3 is 5.97 Å². The van der Waals surface area contributed by atoms with Crippen LogP contribution in [0.25, 0.3) is 0 Å². The Bertz CT molecular complexity index is 624. The smallest absolute Gasteiger partial charge is 0.326 e. The van der Waals surface area contributed by atoms with Gasteiger partial charge in [0.1, 0.15) is 12.1 Å². The molecule has 0 aromatic carbocycles. The zero-order chi connectivity index (χ0) is 22.6. The van der Waals surface area contributed by atoms with Crippen LogP contribution >= 0.6 is 0 Å². The molecule has 2 aliphatic heterocycles. The Balaban J connectivity index is 2.09. The van der Waals surface area contributed by atoms with Gasteiger partial charge in [-0.1, -0.05) is 51.9 Å². The molecule has 3 atom stereocenters. The zero-order valence-corrected chi connectivity index (χ0v) is 18.9. The second-order valence-corrected chi connectivity index (χ2v) is 8.88. The van der Waals surface area contributed by atoms with Crippen LogP contribution in [0.2, 0.25) is 0 Å². The highest BCUT2D eigenvalue weighted by Gasteiger charge is 2.33. The van der Waals surface area contributed by atoms with Crippen molar-refractivity contribution < 1.29 is 24.3 Å². The number of nitrogens with zero attached hydrogens (tertiary/aromatic N) is 1. The molecule has 31 heavy (non-hydrogen) atoms. The van der Waals surface area contributed by atoms with Gasteiger partial charge in [-0.3, -0.25) is 14.4 Å². The van der Waals surface area contributed by atoms with Crippen molar-refractivity contribution in [1.29, 1.82) is 0 Å². The summed E-state index contributed by atoms with van der Waals surface area (Å²) in [6.45, 7) is 2.70. The van der Waals surface area contributed by atoms with Gasteiger partial charge in [0, 0.05) is 19.0 Å². The van der Waals surface area contributed by atoms with E-state index in [2.05, 4.69) is 10.6 Å². The zero-order valence-electron chi connectivity index (χ0n) is 18.9. The van der Waals surface area contributed by atoms with E-state index in [9.17, 15) is 24.3 Å². The van der Waals surface area contributed by atoms with Gasteiger partial charge in [0.15, 0.2) is 0 Å². The summed E-state index contributed by atoms with van der Waals surface area (Å²) < 4.78 is 0. The summed E-state index contributed by atoms with van der Waals surface area (Å²) in [7, 11) is 0. The van der Waals surface area contributed by atoms with Crippen LogP contribution in [0.15, 0.2) is 0 Å². The fourth-order valence-electron chi connectivity index (χ4n) is 4.58. The molecule has 2 saturated heterocycles. The van der Waals surface area contributed by atoms with Gasteiger partial charge in [-0.15, -0.1) is 0 Å². The number of amides is 3. The van der Waals surface area contributed by atoms with E-state index in [1.54, 1.807) is 4.90 Å². The van der Waals surface area contributed by atoms with Crippen LogP contribution in [0.1, 0.15) is 96.8 Å². The highest BCUT2D eigenvalue weighted by Crippen LogP contribution is 2.21. The normalized spacial score (nSPS) is 27.4. The van der Waals surface area contributed by atoms with Gasteiger partial charge in [-0.05, 0) is 32.1 Å². The molecule has 2 fully saturated rings. The van der Waals surface area contributed by atoms with Crippen molar-refractivity contribution in [2.45, 2.75) is 115 Å². The quantitative estimate of drug-likeness (QED) is 0.625. The van der Waals surface area contributed by atoms with Crippen molar-refractivity contribution in [3.8, 4) is 0 Å². The average molecular weight is 438 g/mol. The molecule has 0 spiro atoms. The predicted octanol–water partition coefficient (Wildman–Crippen LogP) is 2.75. The molecule has 0 radical (unpaired) electrons. The predicted molar refractivity (Wildman–Crippen MR) is 117 cm³/mol.